The highest BCUT2D eigenvalue weighted by Gasteiger charge is 2.54. The zero-order valence-corrected chi connectivity index (χ0v) is 16.0. The third-order valence-electron chi connectivity index (χ3n) is 5.51. The number of likely N-dealkylation sites (tertiary alicyclic amines) is 1. The number of piperidine rings is 1. The zero-order chi connectivity index (χ0) is 19.0. The predicted molar refractivity (Wildman–Crippen MR) is 105 cm³/mol. The summed E-state index contributed by atoms with van der Waals surface area (Å²) in [6, 6.07) is 13.3. The number of nitrogens with two attached hydrogens (primary N) is 1. The van der Waals surface area contributed by atoms with Gasteiger partial charge in [0.2, 0.25) is 0 Å². The summed E-state index contributed by atoms with van der Waals surface area (Å²) in [5, 5.41) is 1.90. The maximum absolute atomic E-state index is 13.3. The van der Waals surface area contributed by atoms with E-state index in [9.17, 15) is 9.59 Å². The molecule has 0 saturated carbocycles. The van der Waals surface area contributed by atoms with Crippen LogP contribution in [0, 0.1) is 5.92 Å². The number of guanidine groups is 1. The summed E-state index contributed by atoms with van der Waals surface area (Å²) in [6.45, 7) is 1.18. The number of hydrogen-bond acceptors (Lipinski definition) is 5. The molecule has 0 aliphatic carbocycles. The molecule has 4 rings (SSSR count). The molecule has 1 fully saturated rings. The first-order valence-corrected chi connectivity index (χ1v) is 9.94. The third kappa shape index (κ3) is 2.82. The second kappa shape index (κ2) is 6.81. The highest BCUT2D eigenvalue weighted by Crippen LogP contribution is 2.43. The lowest BCUT2D eigenvalue weighted by Gasteiger charge is -2.40. The molecule has 1 aromatic heterocycles. The van der Waals surface area contributed by atoms with Gasteiger partial charge >= 0.3 is 0 Å². The number of carbonyl (C=O) groups is 2. The summed E-state index contributed by atoms with van der Waals surface area (Å²) in [7, 11) is 1.66. The molecule has 1 aromatic carbocycles. The average Bonchev–Trinajstić information content (AvgIpc) is 3.32. The van der Waals surface area contributed by atoms with Gasteiger partial charge in [-0.2, -0.15) is 0 Å². The SMILES string of the molecule is CN1C(=O)C(c2ccccc2)(C2CCCN(C(=O)c3cccs3)C2)N=C1N. The summed E-state index contributed by atoms with van der Waals surface area (Å²) in [5.41, 5.74) is 5.81. The van der Waals surface area contributed by atoms with E-state index in [1.807, 2.05) is 52.7 Å². The third-order valence-corrected chi connectivity index (χ3v) is 6.37. The van der Waals surface area contributed by atoms with E-state index in [-0.39, 0.29) is 23.7 Å². The first-order chi connectivity index (χ1) is 13.0. The fourth-order valence-electron chi connectivity index (χ4n) is 4.10. The maximum Gasteiger partial charge on any atom is 0.263 e. The topological polar surface area (TPSA) is 79.0 Å². The van der Waals surface area contributed by atoms with Gasteiger partial charge in [-0.3, -0.25) is 14.5 Å². The molecule has 27 heavy (non-hydrogen) atoms. The molecule has 1 saturated heterocycles. The van der Waals surface area contributed by atoms with Crippen LogP contribution >= 0.6 is 11.3 Å². The number of aliphatic imine (C=N–C) groups is 1. The molecule has 2 amide bonds. The summed E-state index contributed by atoms with van der Waals surface area (Å²) in [4.78, 5) is 34.8. The van der Waals surface area contributed by atoms with Crippen molar-refractivity contribution in [2.45, 2.75) is 18.4 Å². The highest BCUT2D eigenvalue weighted by atomic mass is 32.1. The molecule has 0 radical (unpaired) electrons. The lowest BCUT2D eigenvalue weighted by atomic mass is 9.74. The van der Waals surface area contributed by atoms with Gasteiger partial charge in [-0.1, -0.05) is 36.4 Å². The van der Waals surface area contributed by atoms with E-state index < -0.39 is 5.54 Å². The molecule has 7 heteroatoms. The van der Waals surface area contributed by atoms with Gasteiger partial charge in [0, 0.05) is 26.1 Å². The average molecular weight is 382 g/mol. The molecular formula is C20H22N4O2S. The molecule has 2 unspecified atom stereocenters. The van der Waals surface area contributed by atoms with E-state index in [1.54, 1.807) is 7.05 Å². The molecule has 2 atom stereocenters. The minimum absolute atomic E-state index is 0.0219. The molecule has 140 valence electrons. The number of carbonyl (C=O) groups excluding carboxylic acids is 2. The van der Waals surface area contributed by atoms with Crippen molar-refractivity contribution in [2.75, 3.05) is 20.1 Å². The van der Waals surface area contributed by atoms with Gasteiger partial charge in [0.1, 0.15) is 0 Å². The van der Waals surface area contributed by atoms with Crippen molar-refractivity contribution in [3.63, 3.8) is 0 Å². The van der Waals surface area contributed by atoms with Gasteiger partial charge < -0.3 is 10.6 Å². The van der Waals surface area contributed by atoms with Gasteiger partial charge in [0.25, 0.3) is 11.8 Å². The van der Waals surface area contributed by atoms with Crippen LogP contribution in [0.1, 0.15) is 28.1 Å². The smallest absolute Gasteiger partial charge is 0.263 e. The predicted octanol–water partition coefficient (Wildman–Crippen LogP) is 2.28. The van der Waals surface area contributed by atoms with Crippen molar-refractivity contribution >= 4 is 29.1 Å². The van der Waals surface area contributed by atoms with E-state index in [0.29, 0.717) is 13.1 Å². The minimum atomic E-state index is -1.06. The first kappa shape index (κ1) is 17.7. The van der Waals surface area contributed by atoms with Crippen LogP contribution in [-0.2, 0) is 10.3 Å². The Balaban J connectivity index is 1.71. The van der Waals surface area contributed by atoms with E-state index in [0.717, 1.165) is 23.3 Å². The van der Waals surface area contributed by atoms with Crippen molar-refractivity contribution in [3.8, 4) is 0 Å². The lowest BCUT2D eigenvalue weighted by Crippen LogP contribution is -2.51. The fraction of sp³-hybridized carbons (Fsp3) is 0.350. The van der Waals surface area contributed by atoms with Gasteiger partial charge in [0.15, 0.2) is 11.5 Å². The van der Waals surface area contributed by atoms with Crippen LogP contribution in [0.15, 0.2) is 52.8 Å². The number of amides is 2. The second-order valence-corrected chi connectivity index (χ2v) is 7.98. The van der Waals surface area contributed by atoms with Crippen molar-refractivity contribution in [1.29, 1.82) is 0 Å². The Morgan fingerprint density at radius 1 is 1.26 bits per heavy atom. The van der Waals surface area contributed by atoms with Crippen LogP contribution in [0.5, 0.6) is 0 Å². The molecular weight excluding hydrogens is 360 g/mol. The maximum atomic E-state index is 13.3. The number of thiophene rings is 1. The van der Waals surface area contributed by atoms with Gasteiger partial charge in [0.05, 0.1) is 4.88 Å². The van der Waals surface area contributed by atoms with Gasteiger partial charge in [-0.05, 0) is 29.9 Å². The Morgan fingerprint density at radius 3 is 2.67 bits per heavy atom. The van der Waals surface area contributed by atoms with Gasteiger partial charge in [-0.25, -0.2) is 4.99 Å². The first-order valence-electron chi connectivity index (χ1n) is 9.06. The molecule has 0 bridgehead atoms. The molecule has 0 spiro atoms. The van der Waals surface area contributed by atoms with Crippen LogP contribution in [0.3, 0.4) is 0 Å². The monoisotopic (exact) mass is 382 g/mol. The Morgan fingerprint density at radius 2 is 2.04 bits per heavy atom. The molecule has 2 N–H and O–H groups in total. The van der Waals surface area contributed by atoms with Crippen LogP contribution in [0.2, 0.25) is 0 Å². The molecule has 6 nitrogen and oxygen atoms in total. The largest absolute Gasteiger partial charge is 0.369 e. The minimum Gasteiger partial charge on any atom is -0.369 e. The van der Waals surface area contributed by atoms with Crippen LogP contribution in [0.25, 0.3) is 0 Å². The van der Waals surface area contributed by atoms with Crippen molar-refractivity contribution in [3.05, 3.63) is 58.3 Å². The Bertz CT molecular complexity index is 881. The summed E-state index contributed by atoms with van der Waals surface area (Å²) < 4.78 is 0. The lowest BCUT2D eigenvalue weighted by molar-refractivity contribution is -0.133. The molecule has 2 aliphatic rings. The van der Waals surface area contributed by atoms with Gasteiger partial charge in [-0.15, -0.1) is 11.3 Å². The summed E-state index contributed by atoms with van der Waals surface area (Å²) in [6.07, 6.45) is 1.66. The number of rotatable bonds is 3. The van der Waals surface area contributed by atoms with E-state index in [4.69, 9.17) is 5.73 Å². The molecule has 2 aromatic rings. The zero-order valence-electron chi connectivity index (χ0n) is 15.2. The number of hydrogen-bond donors (Lipinski definition) is 1. The summed E-state index contributed by atoms with van der Waals surface area (Å²) in [5.74, 6) is 0.00871. The Kier molecular flexibility index (Phi) is 4.47. The molecule has 2 aliphatic heterocycles. The Hall–Kier alpha value is -2.67. The Labute approximate surface area is 162 Å². The van der Waals surface area contributed by atoms with Crippen LogP contribution in [-0.4, -0.2) is 47.7 Å². The van der Waals surface area contributed by atoms with Crippen molar-refractivity contribution < 1.29 is 9.59 Å². The van der Waals surface area contributed by atoms with E-state index in [2.05, 4.69) is 4.99 Å². The highest BCUT2D eigenvalue weighted by molar-refractivity contribution is 7.12. The number of likely N-dealkylation sites (N-methyl/N-ethyl adjacent to an activating group) is 1. The quantitative estimate of drug-likeness (QED) is 0.885. The van der Waals surface area contributed by atoms with Crippen LogP contribution in [0.4, 0.5) is 0 Å². The van der Waals surface area contributed by atoms with Crippen molar-refractivity contribution in [1.82, 2.24) is 9.80 Å². The molecule has 3 heterocycles. The van der Waals surface area contributed by atoms with E-state index in [1.165, 1.54) is 16.2 Å². The van der Waals surface area contributed by atoms with E-state index >= 15 is 0 Å². The fourth-order valence-corrected chi connectivity index (χ4v) is 4.79. The van der Waals surface area contributed by atoms with Crippen LogP contribution < -0.4 is 5.73 Å². The number of nitrogens with zero attached hydrogens (tertiary/aromatic N) is 3. The normalized spacial score (nSPS) is 25.6. The number of benzene rings is 1. The standard InChI is InChI=1S/C20H22N4O2S/c1-23-18(26)20(22-19(23)21,14-7-3-2-4-8-14)15-9-5-11-24(13-15)17(25)16-10-6-12-27-16/h2-4,6-8,10,12,15H,5,9,11,13H2,1H3,(H2,21,22). The summed E-state index contributed by atoms with van der Waals surface area (Å²) >= 11 is 1.44. The second-order valence-electron chi connectivity index (χ2n) is 7.03. The van der Waals surface area contributed by atoms with Crippen molar-refractivity contribution in [2.24, 2.45) is 16.6 Å².